The molecule has 5 atom stereocenters. The summed E-state index contributed by atoms with van der Waals surface area (Å²) in [6.07, 6.45) is 5.02. The van der Waals surface area contributed by atoms with Crippen molar-refractivity contribution >= 4 is 31.6 Å². The van der Waals surface area contributed by atoms with Gasteiger partial charge in [0.25, 0.3) is 5.95 Å². The van der Waals surface area contributed by atoms with E-state index in [0.29, 0.717) is 12.6 Å². The summed E-state index contributed by atoms with van der Waals surface area (Å²) in [5, 5.41) is 0. The van der Waals surface area contributed by atoms with E-state index in [1.54, 1.807) is 6.21 Å². The number of aliphatic imine (C=N–C) groups is 1. The van der Waals surface area contributed by atoms with Crippen molar-refractivity contribution in [1.29, 1.82) is 0 Å². The van der Waals surface area contributed by atoms with Gasteiger partial charge in [0.05, 0.1) is 24.7 Å². The number of nitrogens with zero attached hydrogens (tertiary/aromatic N) is 5. The molecule has 1 aliphatic carbocycles. The minimum absolute atomic E-state index is 0.0147. The molecular formula is C20H31N5O3Si. The van der Waals surface area contributed by atoms with Gasteiger partial charge in [-0.1, -0.05) is 13.3 Å². The standard InChI is InChI=1S/C20H31N5O3Si/c1-7-14-15(29(5,6)26)9-16(20(14)10-27-13(4)28-20)25-11-22-17-12(3)23-19(21-8-2)24-18(17)25/h8,11,13-16,26H,7,9-10H2,1-6H3/b21-8+/t13?,14-,15+,16+,20+/m1/s1. The highest BCUT2D eigenvalue weighted by Crippen LogP contribution is 2.59. The molecule has 0 radical (unpaired) electrons. The second kappa shape index (κ2) is 7.23. The summed E-state index contributed by atoms with van der Waals surface area (Å²) < 4.78 is 14.5. The minimum Gasteiger partial charge on any atom is -0.432 e. The molecule has 0 aromatic carbocycles. The highest BCUT2D eigenvalue weighted by atomic mass is 28.4. The van der Waals surface area contributed by atoms with E-state index in [9.17, 15) is 4.80 Å². The van der Waals surface area contributed by atoms with E-state index in [1.807, 2.05) is 40.2 Å². The summed E-state index contributed by atoms with van der Waals surface area (Å²) in [6, 6.07) is -0.0147. The van der Waals surface area contributed by atoms with Crippen molar-refractivity contribution < 1.29 is 14.3 Å². The van der Waals surface area contributed by atoms with Crippen molar-refractivity contribution in [3.05, 3.63) is 12.0 Å². The Morgan fingerprint density at radius 3 is 2.76 bits per heavy atom. The van der Waals surface area contributed by atoms with E-state index >= 15 is 0 Å². The maximum atomic E-state index is 11.1. The minimum atomic E-state index is -2.41. The van der Waals surface area contributed by atoms with E-state index in [1.165, 1.54) is 0 Å². The SMILES string of the molecule is C/C=N/c1nc(C)c2ncn([C@H]3C[C@H]([Si](C)(C)O)[C@@H](CC)[C@@]34COC(C)O4)c2n1. The third-order valence-corrected chi connectivity index (χ3v) is 9.05. The lowest BCUT2D eigenvalue weighted by Gasteiger charge is -2.37. The van der Waals surface area contributed by atoms with Crippen molar-refractivity contribution in [2.75, 3.05) is 6.61 Å². The molecule has 9 heteroatoms. The van der Waals surface area contributed by atoms with Gasteiger partial charge in [0.15, 0.2) is 20.3 Å². The summed E-state index contributed by atoms with van der Waals surface area (Å²) in [5.74, 6) is 0.654. The monoisotopic (exact) mass is 417 g/mol. The molecule has 0 amide bonds. The fraction of sp³-hybridized carbons (Fsp3) is 0.700. The van der Waals surface area contributed by atoms with Crippen LogP contribution in [0.1, 0.15) is 45.3 Å². The van der Waals surface area contributed by atoms with E-state index in [-0.39, 0.29) is 23.8 Å². The van der Waals surface area contributed by atoms with Gasteiger partial charge < -0.3 is 18.8 Å². The zero-order valence-corrected chi connectivity index (χ0v) is 19.1. The smallest absolute Gasteiger partial charge is 0.251 e. The molecule has 2 aliphatic rings. The molecule has 4 rings (SSSR count). The molecule has 8 nitrogen and oxygen atoms in total. The molecule has 1 unspecified atom stereocenters. The van der Waals surface area contributed by atoms with Crippen LogP contribution in [0.2, 0.25) is 18.6 Å². The highest BCUT2D eigenvalue weighted by molar-refractivity contribution is 6.71. The second-order valence-electron chi connectivity index (χ2n) is 8.80. The van der Waals surface area contributed by atoms with Crippen LogP contribution in [0.25, 0.3) is 11.2 Å². The second-order valence-corrected chi connectivity index (χ2v) is 12.8. The van der Waals surface area contributed by atoms with Crippen LogP contribution >= 0.6 is 0 Å². The van der Waals surface area contributed by atoms with Crippen molar-refractivity contribution in [3.63, 3.8) is 0 Å². The lowest BCUT2D eigenvalue weighted by Crippen LogP contribution is -2.46. The Morgan fingerprint density at radius 2 is 2.17 bits per heavy atom. The van der Waals surface area contributed by atoms with Crippen LogP contribution in [0.4, 0.5) is 5.95 Å². The first kappa shape index (κ1) is 20.6. The average molecular weight is 418 g/mol. The summed E-state index contributed by atoms with van der Waals surface area (Å²) in [5.41, 5.74) is 2.06. The first-order valence-electron chi connectivity index (χ1n) is 10.4. The Labute approximate surface area is 172 Å². The van der Waals surface area contributed by atoms with Crippen molar-refractivity contribution in [2.45, 2.75) is 77.1 Å². The first-order valence-corrected chi connectivity index (χ1v) is 13.4. The number of hydrogen-bond donors (Lipinski definition) is 1. The summed E-state index contributed by atoms with van der Waals surface area (Å²) in [4.78, 5) is 29.1. The van der Waals surface area contributed by atoms with E-state index in [4.69, 9.17) is 9.47 Å². The predicted octanol–water partition coefficient (Wildman–Crippen LogP) is 3.53. The van der Waals surface area contributed by atoms with Gasteiger partial charge in [-0.25, -0.2) is 15.0 Å². The summed E-state index contributed by atoms with van der Waals surface area (Å²) in [7, 11) is -2.41. The number of rotatable bonds is 4. The van der Waals surface area contributed by atoms with Gasteiger partial charge >= 0.3 is 0 Å². The lowest BCUT2D eigenvalue weighted by molar-refractivity contribution is -0.105. The average Bonchev–Trinajstić information content (AvgIpc) is 3.31. The molecule has 1 aliphatic heterocycles. The van der Waals surface area contributed by atoms with Crippen LogP contribution < -0.4 is 0 Å². The number of hydrogen-bond acceptors (Lipinski definition) is 7. The van der Waals surface area contributed by atoms with Crippen LogP contribution in [-0.2, 0) is 9.47 Å². The topological polar surface area (TPSA) is 94.7 Å². The zero-order chi connectivity index (χ0) is 21.0. The number of fused-ring (bicyclic) bond motifs is 1. The molecule has 0 bridgehead atoms. The van der Waals surface area contributed by atoms with Crippen molar-refractivity contribution in [3.8, 4) is 0 Å². The lowest BCUT2D eigenvalue weighted by atomic mass is 9.86. The van der Waals surface area contributed by atoms with Crippen LogP contribution in [0.15, 0.2) is 11.3 Å². The maximum absolute atomic E-state index is 11.1. The van der Waals surface area contributed by atoms with E-state index in [0.717, 1.165) is 29.7 Å². The molecule has 1 saturated heterocycles. The number of imidazole rings is 1. The zero-order valence-electron chi connectivity index (χ0n) is 18.1. The van der Waals surface area contributed by atoms with Crippen LogP contribution in [0, 0.1) is 12.8 Å². The maximum Gasteiger partial charge on any atom is 0.251 e. The molecule has 1 spiro atoms. The first-order chi connectivity index (χ1) is 13.7. The number of aromatic nitrogens is 4. The summed E-state index contributed by atoms with van der Waals surface area (Å²) in [6.45, 7) is 12.5. The Hall–Kier alpha value is -1.68. The largest absolute Gasteiger partial charge is 0.432 e. The van der Waals surface area contributed by atoms with Gasteiger partial charge in [-0.05, 0) is 51.7 Å². The van der Waals surface area contributed by atoms with Gasteiger partial charge in [-0.15, -0.1) is 0 Å². The fourth-order valence-electron chi connectivity index (χ4n) is 5.39. The third kappa shape index (κ3) is 3.24. The molecular weight excluding hydrogens is 386 g/mol. The summed E-state index contributed by atoms with van der Waals surface area (Å²) >= 11 is 0. The number of aryl methyl sites for hydroxylation is 1. The van der Waals surface area contributed by atoms with E-state index in [2.05, 4.69) is 31.4 Å². The molecule has 1 N–H and O–H groups in total. The van der Waals surface area contributed by atoms with Crippen LogP contribution in [-0.4, -0.2) is 57.3 Å². The Bertz CT molecular complexity index is 940. The number of ether oxygens (including phenoxy) is 2. The Kier molecular flexibility index (Phi) is 5.13. The van der Waals surface area contributed by atoms with Gasteiger partial charge in [-0.3, -0.25) is 0 Å². The van der Waals surface area contributed by atoms with Gasteiger partial charge in [-0.2, -0.15) is 4.98 Å². The molecule has 3 heterocycles. The molecule has 2 aromatic rings. The van der Waals surface area contributed by atoms with Crippen molar-refractivity contribution in [1.82, 2.24) is 19.5 Å². The van der Waals surface area contributed by atoms with Crippen LogP contribution in [0.3, 0.4) is 0 Å². The Balaban J connectivity index is 1.88. The Morgan fingerprint density at radius 1 is 1.41 bits per heavy atom. The highest BCUT2D eigenvalue weighted by Gasteiger charge is 2.62. The third-order valence-electron chi connectivity index (χ3n) is 6.60. The molecule has 2 aromatic heterocycles. The fourth-order valence-corrected chi connectivity index (χ4v) is 7.69. The predicted molar refractivity (Wildman–Crippen MR) is 114 cm³/mol. The normalized spacial score (nSPS) is 32.9. The van der Waals surface area contributed by atoms with Gasteiger partial charge in [0, 0.05) is 6.21 Å². The van der Waals surface area contributed by atoms with Crippen LogP contribution in [0.5, 0.6) is 0 Å². The van der Waals surface area contributed by atoms with Gasteiger partial charge in [0.2, 0.25) is 0 Å². The molecule has 1 saturated carbocycles. The van der Waals surface area contributed by atoms with E-state index < -0.39 is 13.9 Å². The molecule has 158 valence electrons. The van der Waals surface area contributed by atoms with Gasteiger partial charge in [0.1, 0.15) is 11.1 Å². The van der Waals surface area contributed by atoms with Crippen molar-refractivity contribution in [2.24, 2.45) is 10.9 Å². The quantitative estimate of drug-likeness (QED) is 0.604. The molecule has 29 heavy (non-hydrogen) atoms. The molecule has 2 fully saturated rings.